The maximum Gasteiger partial charge on any atom is 0.197 e. The van der Waals surface area contributed by atoms with Gasteiger partial charge in [-0.25, -0.2) is 8.78 Å². The van der Waals surface area contributed by atoms with E-state index < -0.39 is 17.4 Å². The normalized spacial score (nSPS) is 19.6. The Hall–Kier alpha value is -1.36. The third-order valence-corrected chi connectivity index (χ3v) is 3.08. The van der Waals surface area contributed by atoms with Crippen LogP contribution in [-0.4, -0.2) is 24.8 Å². The van der Waals surface area contributed by atoms with Crippen molar-refractivity contribution in [1.82, 2.24) is 5.32 Å². The molecule has 2 rings (SSSR count). The molecule has 3 nitrogen and oxygen atoms in total. The van der Waals surface area contributed by atoms with Crippen LogP contribution in [0.15, 0.2) is 6.07 Å². The molecule has 1 aliphatic heterocycles. The summed E-state index contributed by atoms with van der Waals surface area (Å²) >= 11 is 0. The number of aromatic hydroxyl groups is 1. The first kappa shape index (κ1) is 12.1. The topological polar surface area (TPSA) is 41.5 Å². The monoisotopic (exact) mass is 243 g/mol. The van der Waals surface area contributed by atoms with E-state index in [0.29, 0.717) is 6.42 Å². The van der Waals surface area contributed by atoms with Gasteiger partial charge in [0.05, 0.1) is 7.11 Å². The van der Waals surface area contributed by atoms with E-state index >= 15 is 0 Å². The van der Waals surface area contributed by atoms with Crippen molar-refractivity contribution in [3.63, 3.8) is 0 Å². The van der Waals surface area contributed by atoms with Crippen LogP contribution in [-0.2, 0) is 6.42 Å². The molecule has 1 aromatic rings. The minimum Gasteiger partial charge on any atom is -0.504 e. The average molecular weight is 243 g/mol. The Morgan fingerprint density at radius 3 is 2.82 bits per heavy atom. The second-order valence-electron chi connectivity index (χ2n) is 4.20. The lowest BCUT2D eigenvalue weighted by atomic mass is 10.0. The highest BCUT2D eigenvalue weighted by Gasteiger charge is 2.23. The summed E-state index contributed by atoms with van der Waals surface area (Å²) in [5.41, 5.74) is 0.114. The Balaban J connectivity index is 2.31. The zero-order valence-corrected chi connectivity index (χ0v) is 9.59. The van der Waals surface area contributed by atoms with Crippen LogP contribution in [0.5, 0.6) is 11.5 Å². The number of methoxy groups -OCH3 is 1. The van der Waals surface area contributed by atoms with E-state index in [1.54, 1.807) is 0 Å². The fourth-order valence-corrected chi connectivity index (χ4v) is 2.19. The van der Waals surface area contributed by atoms with Crippen LogP contribution in [0.1, 0.15) is 18.4 Å². The second kappa shape index (κ2) is 4.87. The highest BCUT2D eigenvalue weighted by atomic mass is 19.1. The number of halogens is 2. The molecule has 0 radical (unpaired) electrons. The van der Waals surface area contributed by atoms with Crippen LogP contribution in [0.2, 0.25) is 0 Å². The molecule has 0 saturated carbocycles. The molecule has 1 unspecified atom stereocenters. The third kappa shape index (κ3) is 2.34. The second-order valence-corrected chi connectivity index (χ2v) is 4.20. The summed E-state index contributed by atoms with van der Waals surface area (Å²) < 4.78 is 31.6. The number of phenolic OH excluding ortho intramolecular Hbond substituents is 1. The first-order valence-corrected chi connectivity index (χ1v) is 5.60. The van der Waals surface area contributed by atoms with Gasteiger partial charge in [0.15, 0.2) is 17.3 Å². The van der Waals surface area contributed by atoms with E-state index in [1.807, 2.05) is 0 Å². The largest absolute Gasteiger partial charge is 0.504 e. The van der Waals surface area contributed by atoms with E-state index in [0.717, 1.165) is 25.5 Å². The molecule has 1 atom stereocenters. The molecule has 0 bridgehead atoms. The summed E-state index contributed by atoms with van der Waals surface area (Å²) in [7, 11) is 1.24. The number of hydrogen-bond donors (Lipinski definition) is 2. The van der Waals surface area contributed by atoms with Crippen LogP contribution < -0.4 is 10.1 Å². The smallest absolute Gasteiger partial charge is 0.197 e. The van der Waals surface area contributed by atoms with Gasteiger partial charge in [-0.15, -0.1) is 0 Å². The molecule has 0 amide bonds. The summed E-state index contributed by atoms with van der Waals surface area (Å²) in [4.78, 5) is 0. The Morgan fingerprint density at radius 2 is 2.24 bits per heavy atom. The summed E-state index contributed by atoms with van der Waals surface area (Å²) in [5, 5.41) is 13.0. The van der Waals surface area contributed by atoms with Gasteiger partial charge in [0.1, 0.15) is 5.82 Å². The van der Waals surface area contributed by atoms with Crippen molar-refractivity contribution >= 4 is 0 Å². The summed E-state index contributed by atoms with van der Waals surface area (Å²) in [6.07, 6.45) is 2.30. The van der Waals surface area contributed by atoms with Crippen LogP contribution in [0.25, 0.3) is 0 Å². The number of rotatable bonds is 3. The molecule has 0 aromatic heterocycles. The van der Waals surface area contributed by atoms with Crippen molar-refractivity contribution < 1.29 is 18.6 Å². The fraction of sp³-hybridized carbons (Fsp3) is 0.500. The molecular formula is C12H15F2NO2. The van der Waals surface area contributed by atoms with Crippen molar-refractivity contribution in [3.05, 3.63) is 23.3 Å². The van der Waals surface area contributed by atoms with Crippen molar-refractivity contribution in [2.45, 2.75) is 25.3 Å². The predicted molar refractivity (Wildman–Crippen MR) is 59.3 cm³/mol. The van der Waals surface area contributed by atoms with Crippen LogP contribution >= 0.6 is 0 Å². The van der Waals surface area contributed by atoms with E-state index in [4.69, 9.17) is 4.74 Å². The predicted octanol–water partition coefficient (Wildman–Crippen LogP) is 1.97. The summed E-state index contributed by atoms with van der Waals surface area (Å²) in [6, 6.07) is 0.883. The highest BCUT2D eigenvalue weighted by Crippen LogP contribution is 2.35. The first-order valence-electron chi connectivity index (χ1n) is 5.60. The first-order chi connectivity index (χ1) is 8.13. The Morgan fingerprint density at radius 1 is 1.47 bits per heavy atom. The lowest BCUT2D eigenvalue weighted by Crippen LogP contribution is -2.24. The molecule has 0 aliphatic carbocycles. The number of ether oxygens (including phenoxy) is 1. The van der Waals surface area contributed by atoms with Gasteiger partial charge in [0.25, 0.3) is 0 Å². The molecule has 1 aliphatic rings. The number of hydrogen-bond acceptors (Lipinski definition) is 3. The SMILES string of the molecule is COc1c(F)cc(F)c(CC2CCCN2)c1O. The quantitative estimate of drug-likeness (QED) is 0.852. The number of benzene rings is 1. The Labute approximate surface area is 98.4 Å². The van der Waals surface area contributed by atoms with E-state index in [1.165, 1.54) is 7.11 Å². The lowest BCUT2D eigenvalue weighted by molar-refractivity contribution is 0.342. The van der Waals surface area contributed by atoms with E-state index in [2.05, 4.69) is 5.32 Å². The molecule has 17 heavy (non-hydrogen) atoms. The lowest BCUT2D eigenvalue weighted by Gasteiger charge is -2.14. The summed E-state index contributed by atoms with van der Waals surface area (Å²) in [6.45, 7) is 0.894. The molecule has 94 valence electrons. The zero-order valence-electron chi connectivity index (χ0n) is 9.59. The van der Waals surface area contributed by atoms with Gasteiger partial charge in [-0.05, 0) is 25.8 Å². The van der Waals surface area contributed by atoms with E-state index in [9.17, 15) is 13.9 Å². The highest BCUT2D eigenvalue weighted by molar-refractivity contribution is 5.47. The van der Waals surface area contributed by atoms with Gasteiger partial charge in [0.2, 0.25) is 0 Å². The molecule has 1 aromatic carbocycles. The molecule has 1 fully saturated rings. The third-order valence-electron chi connectivity index (χ3n) is 3.08. The molecule has 1 saturated heterocycles. The van der Waals surface area contributed by atoms with Gasteiger partial charge in [-0.1, -0.05) is 0 Å². The Kier molecular flexibility index (Phi) is 3.47. The maximum absolute atomic E-state index is 13.6. The Bertz CT molecular complexity index is 417. The van der Waals surface area contributed by atoms with Crippen LogP contribution in [0.3, 0.4) is 0 Å². The average Bonchev–Trinajstić information content (AvgIpc) is 2.77. The molecule has 1 heterocycles. The van der Waals surface area contributed by atoms with Crippen molar-refractivity contribution in [3.8, 4) is 11.5 Å². The molecule has 2 N–H and O–H groups in total. The van der Waals surface area contributed by atoms with Gasteiger partial charge >= 0.3 is 0 Å². The van der Waals surface area contributed by atoms with Crippen molar-refractivity contribution in [1.29, 1.82) is 0 Å². The summed E-state index contributed by atoms with van der Waals surface area (Å²) in [5.74, 6) is -2.33. The maximum atomic E-state index is 13.6. The van der Waals surface area contributed by atoms with Crippen molar-refractivity contribution in [2.75, 3.05) is 13.7 Å². The van der Waals surface area contributed by atoms with E-state index in [-0.39, 0.29) is 17.4 Å². The fourth-order valence-electron chi connectivity index (χ4n) is 2.19. The zero-order chi connectivity index (χ0) is 12.4. The van der Waals surface area contributed by atoms with Crippen LogP contribution in [0, 0.1) is 11.6 Å². The van der Waals surface area contributed by atoms with Gasteiger partial charge in [0, 0.05) is 17.7 Å². The molecule has 5 heteroatoms. The molecule has 0 spiro atoms. The van der Waals surface area contributed by atoms with Gasteiger partial charge in [-0.3, -0.25) is 0 Å². The number of phenols is 1. The van der Waals surface area contributed by atoms with Crippen molar-refractivity contribution in [2.24, 2.45) is 0 Å². The molecular weight excluding hydrogens is 228 g/mol. The minimum absolute atomic E-state index is 0.114. The van der Waals surface area contributed by atoms with Gasteiger partial charge < -0.3 is 15.2 Å². The van der Waals surface area contributed by atoms with Crippen LogP contribution in [0.4, 0.5) is 8.78 Å². The minimum atomic E-state index is -0.884. The van der Waals surface area contributed by atoms with Gasteiger partial charge in [-0.2, -0.15) is 0 Å². The standard InChI is InChI=1S/C12H15F2NO2/c1-17-12-10(14)6-9(13)8(11(12)16)5-7-3-2-4-15-7/h6-7,15-16H,2-5H2,1H3. The number of nitrogens with one attached hydrogen (secondary N) is 1.